The van der Waals surface area contributed by atoms with Crippen molar-refractivity contribution in [3.8, 4) is 5.75 Å². The number of thiocarbonyl (C=S) groups is 1. The number of ketones is 1. The van der Waals surface area contributed by atoms with Crippen LogP contribution in [0.25, 0.3) is 0 Å². The Morgan fingerprint density at radius 1 is 1.10 bits per heavy atom. The number of thiol groups is 1. The van der Waals surface area contributed by atoms with Crippen LogP contribution in [0.5, 0.6) is 5.75 Å². The largest absolute Gasteiger partial charge is 0.497 e. The first-order valence-electron chi connectivity index (χ1n) is 8.89. The predicted molar refractivity (Wildman–Crippen MR) is 122 cm³/mol. The molecule has 29 heavy (non-hydrogen) atoms. The van der Waals surface area contributed by atoms with Crippen molar-refractivity contribution in [3.63, 3.8) is 0 Å². The molecule has 0 saturated heterocycles. The summed E-state index contributed by atoms with van der Waals surface area (Å²) in [6, 6.07) is 14.9. The highest BCUT2D eigenvalue weighted by Gasteiger charge is 2.14. The van der Waals surface area contributed by atoms with E-state index in [1.54, 1.807) is 19.2 Å². The molecule has 0 aliphatic carbocycles. The Morgan fingerprint density at radius 3 is 2.45 bits per heavy atom. The number of carbonyl (C=O) groups excluding carboxylic acids is 2. The lowest BCUT2D eigenvalue weighted by atomic mass is 10.2. The van der Waals surface area contributed by atoms with Crippen molar-refractivity contribution in [2.45, 2.75) is 25.1 Å². The zero-order valence-electron chi connectivity index (χ0n) is 16.2. The molecule has 9 heteroatoms. The standard InChI is InChI=1S/C20H24N4O3S2/c1-13-5-3-4-6-17(13)22-20(29)24-23-18(26)11-15(25)12-19(28)21-14-7-9-16(27-2)10-8-14/h3-10,19,21,28H,11-12H2,1-2H3,(H,23,26)(H2,22,24,29). The number of carbonyl (C=O) groups is 2. The van der Waals surface area contributed by atoms with E-state index in [4.69, 9.17) is 17.0 Å². The summed E-state index contributed by atoms with van der Waals surface area (Å²) in [6.45, 7) is 1.94. The number of nitrogens with one attached hydrogen (secondary N) is 4. The SMILES string of the molecule is COc1ccc(NC(S)CC(=O)CC(=O)NNC(=S)Nc2ccccc2C)cc1. The molecule has 0 aliphatic heterocycles. The number of aryl methyl sites for hydroxylation is 1. The lowest BCUT2D eigenvalue weighted by Crippen LogP contribution is -2.44. The Hall–Kier alpha value is -2.78. The van der Waals surface area contributed by atoms with Crippen molar-refractivity contribution >= 4 is 53.0 Å². The molecule has 1 unspecified atom stereocenters. The topological polar surface area (TPSA) is 91.5 Å². The van der Waals surface area contributed by atoms with Gasteiger partial charge in [-0.15, -0.1) is 0 Å². The third kappa shape index (κ3) is 8.00. The zero-order chi connectivity index (χ0) is 21.2. The summed E-state index contributed by atoms with van der Waals surface area (Å²) in [5, 5.41) is 5.88. The number of hydrogen-bond acceptors (Lipinski definition) is 6. The monoisotopic (exact) mass is 432 g/mol. The van der Waals surface area contributed by atoms with Crippen LogP contribution in [0, 0.1) is 6.92 Å². The van der Waals surface area contributed by atoms with Crippen LogP contribution in [0.15, 0.2) is 48.5 Å². The van der Waals surface area contributed by atoms with Gasteiger partial charge in [0.05, 0.1) is 18.9 Å². The fourth-order valence-corrected chi connectivity index (χ4v) is 2.95. The van der Waals surface area contributed by atoms with Gasteiger partial charge in [0.2, 0.25) is 5.91 Å². The van der Waals surface area contributed by atoms with Gasteiger partial charge in [0.25, 0.3) is 0 Å². The number of hydrazine groups is 1. The Balaban J connectivity index is 1.70. The molecule has 0 bridgehead atoms. The van der Waals surface area contributed by atoms with E-state index in [2.05, 4.69) is 34.1 Å². The smallest absolute Gasteiger partial charge is 0.245 e. The second-order valence-corrected chi connectivity index (χ2v) is 7.28. The Bertz CT molecular complexity index is 859. The highest BCUT2D eigenvalue weighted by Crippen LogP contribution is 2.17. The van der Waals surface area contributed by atoms with E-state index < -0.39 is 11.3 Å². The summed E-state index contributed by atoms with van der Waals surface area (Å²) in [5.74, 6) is 0.0124. The van der Waals surface area contributed by atoms with E-state index in [0.717, 1.165) is 22.7 Å². The Kier molecular flexibility index (Phi) is 8.75. The predicted octanol–water partition coefficient (Wildman–Crippen LogP) is 3.04. The molecule has 1 atom stereocenters. The number of hydrogen-bond donors (Lipinski definition) is 5. The molecule has 2 rings (SSSR count). The molecule has 0 aromatic heterocycles. The molecule has 0 saturated carbocycles. The number of ether oxygens (including phenoxy) is 1. The van der Waals surface area contributed by atoms with Crippen molar-refractivity contribution < 1.29 is 14.3 Å². The normalized spacial score (nSPS) is 11.1. The lowest BCUT2D eigenvalue weighted by molar-refractivity contribution is -0.128. The molecule has 0 heterocycles. The molecule has 0 fully saturated rings. The van der Waals surface area contributed by atoms with Crippen LogP contribution in [0.2, 0.25) is 0 Å². The van der Waals surface area contributed by atoms with Gasteiger partial charge >= 0.3 is 0 Å². The number of para-hydroxylation sites is 1. The van der Waals surface area contributed by atoms with Crippen LogP contribution in [-0.4, -0.2) is 29.3 Å². The number of amides is 1. The number of methoxy groups -OCH3 is 1. The van der Waals surface area contributed by atoms with Gasteiger partial charge in [0.15, 0.2) is 5.11 Å². The fourth-order valence-electron chi connectivity index (χ4n) is 2.43. The molecule has 0 aliphatic rings. The molecular weight excluding hydrogens is 408 g/mol. The number of Topliss-reactive ketones (excluding diaryl/α,β-unsaturated/α-hetero) is 1. The molecule has 0 radical (unpaired) electrons. The van der Waals surface area contributed by atoms with Crippen LogP contribution in [0.4, 0.5) is 11.4 Å². The third-order valence-corrected chi connectivity index (χ3v) is 4.43. The molecule has 154 valence electrons. The maximum atomic E-state index is 12.1. The van der Waals surface area contributed by atoms with Crippen molar-refractivity contribution in [1.82, 2.24) is 10.9 Å². The molecule has 7 nitrogen and oxygen atoms in total. The second kappa shape index (κ2) is 11.3. The summed E-state index contributed by atoms with van der Waals surface area (Å²) < 4.78 is 5.10. The van der Waals surface area contributed by atoms with Gasteiger partial charge in [0.1, 0.15) is 11.5 Å². The highest BCUT2D eigenvalue weighted by molar-refractivity contribution is 7.81. The molecular formula is C20H24N4O3S2. The van der Waals surface area contributed by atoms with E-state index in [1.807, 2.05) is 43.3 Å². The van der Waals surface area contributed by atoms with Gasteiger partial charge in [-0.1, -0.05) is 18.2 Å². The molecule has 1 amide bonds. The summed E-state index contributed by atoms with van der Waals surface area (Å²) in [4.78, 5) is 24.0. The van der Waals surface area contributed by atoms with E-state index in [9.17, 15) is 9.59 Å². The van der Waals surface area contributed by atoms with Crippen molar-refractivity contribution in [3.05, 3.63) is 54.1 Å². The Labute approximate surface area is 181 Å². The zero-order valence-corrected chi connectivity index (χ0v) is 17.9. The number of rotatable bonds is 8. The minimum atomic E-state index is -0.478. The summed E-state index contributed by atoms with van der Waals surface area (Å²) in [5.41, 5.74) is 7.66. The first-order valence-corrected chi connectivity index (χ1v) is 9.81. The minimum Gasteiger partial charge on any atom is -0.497 e. The van der Waals surface area contributed by atoms with Crippen LogP contribution in [0.1, 0.15) is 18.4 Å². The maximum Gasteiger partial charge on any atom is 0.245 e. The van der Waals surface area contributed by atoms with Gasteiger partial charge in [-0.3, -0.25) is 20.4 Å². The van der Waals surface area contributed by atoms with Crippen molar-refractivity contribution in [2.24, 2.45) is 0 Å². The van der Waals surface area contributed by atoms with Gasteiger partial charge in [-0.25, -0.2) is 0 Å². The van der Waals surface area contributed by atoms with Gasteiger partial charge in [-0.05, 0) is 55.0 Å². The number of anilines is 2. The van der Waals surface area contributed by atoms with Gasteiger partial charge in [0, 0.05) is 17.8 Å². The quantitative estimate of drug-likeness (QED) is 0.144. The van der Waals surface area contributed by atoms with Crippen molar-refractivity contribution in [2.75, 3.05) is 17.7 Å². The molecule has 2 aromatic rings. The minimum absolute atomic E-state index is 0.0917. The average molecular weight is 433 g/mol. The van der Waals surface area contributed by atoms with Gasteiger partial charge < -0.3 is 15.4 Å². The summed E-state index contributed by atoms with van der Waals surface area (Å²) >= 11 is 9.50. The van der Waals surface area contributed by atoms with Crippen molar-refractivity contribution in [1.29, 1.82) is 0 Å². The van der Waals surface area contributed by atoms with E-state index >= 15 is 0 Å². The molecule has 4 N–H and O–H groups in total. The van der Waals surface area contributed by atoms with Crippen LogP contribution >= 0.6 is 24.8 Å². The highest BCUT2D eigenvalue weighted by atomic mass is 32.1. The fraction of sp³-hybridized carbons (Fsp3) is 0.250. The van der Waals surface area contributed by atoms with E-state index in [1.165, 1.54) is 0 Å². The second-order valence-electron chi connectivity index (χ2n) is 6.25. The van der Waals surface area contributed by atoms with Crippen LogP contribution in [0.3, 0.4) is 0 Å². The van der Waals surface area contributed by atoms with Crippen LogP contribution in [-0.2, 0) is 9.59 Å². The van der Waals surface area contributed by atoms with E-state index in [-0.39, 0.29) is 23.7 Å². The summed E-state index contributed by atoms with van der Waals surface area (Å²) in [7, 11) is 1.59. The molecule has 0 spiro atoms. The maximum absolute atomic E-state index is 12.1. The summed E-state index contributed by atoms with van der Waals surface area (Å²) in [6.07, 6.45) is -0.185. The molecule has 2 aromatic carbocycles. The average Bonchev–Trinajstić information content (AvgIpc) is 2.68. The first kappa shape index (κ1) is 22.5. The lowest BCUT2D eigenvalue weighted by Gasteiger charge is -2.15. The third-order valence-electron chi connectivity index (χ3n) is 3.91. The van der Waals surface area contributed by atoms with Gasteiger partial charge in [-0.2, -0.15) is 12.6 Å². The number of benzene rings is 2. The van der Waals surface area contributed by atoms with Crippen LogP contribution < -0.4 is 26.2 Å². The van der Waals surface area contributed by atoms with E-state index in [0.29, 0.717) is 0 Å². The Morgan fingerprint density at radius 2 is 1.79 bits per heavy atom. The first-order chi connectivity index (χ1) is 13.9.